The highest BCUT2D eigenvalue weighted by atomic mass is 14.2. The predicted molar refractivity (Wildman–Crippen MR) is 249 cm³/mol. The van der Waals surface area contributed by atoms with E-state index < -0.39 is 0 Å². The summed E-state index contributed by atoms with van der Waals surface area (Å²) in [5, 5.41) is 9.98. The van der Waals surface area contributed by atoms with Crippen LogP contribution in [0.5, 0.6) is 0 Å². The molecule has 0 N–H and O–H groups in total. The van der Waals surface area contributed by atoms with Gasteiger partial charge in [0.2, 0.25) is 0 Å². The highest BCUT2D eigenvalue weighted by molar-refractivity contribution is 6.23. The smallest absolute Gasteiger partial charge is 0.00199 e. The Kier molecular flexibility index (Phi) is 8.26. The Morgan fingerprint density at radius 1 is 0.172 bits per heavy atom. The van der Waals surface area contributed by atoms with Crippen LogP contribution in [0.3, 0.4) is 0 Å². The molecule has 0 fully saturated rings. The second kappa shape index (κ2) is 14.2. The van der Waals surface area contributed by atoms with Gasteiger partial charge in [-0.3, -0.25) is 0 Å². The molecule has 11 aromatic rings. The summed E-state index contributed by atoms with van der Waals surface area (Å²) < 4.78 is 0. The lowest BCUT2D eigenvalue weighted by atomic mass is 9.82. The molecule has 0 heteroatoms. The Morgan fingerprint density at radius 3 is 1.29 bits per heavy atom. The largest absolute Gasteiger partial charge is 0.0622 e. The van der Waals surface area contributed by atoms with Gasteiger partial charge in [-0.05, 0) is 128 Å². The third kappa shape index (κ3) is 5.78. The van der Waals surface area contributed by atoms with Crippen LogP contribution in [0.15, 0.2) is 231 Å². The maximum Gasteiger partial charge on any atom is -0.00199 e. The molecule has 0 spiro atoms. The van der Waals surface area contributed by atoms with Crippen LogP contribution in [0.1, 0.15) is 0 Å². The number of hydrogen-bond donors (Lipinski definition) is 0. The van der Waals surface area contributed by atoms with Gasteiger partial charge < -0.3 is 0 Å². The van der Waals surface area contributed by atoms with Crippen molar-refractivity contribution in [3.63, 3.8) is 0 Å². The molecule has 0 heterocycles. The van der Waals surface area contributed by atoms with Gasteiger partial charge in [0.25, 0.3) is 0 Å². The fraction of sp³-hybridized carbons (Fsp3) is 0. The van der Waals surface area contributed by atoms with Crippen molar-refractivity contribution in [2.24, 2.45) is 0 Å². The van der Waals surface area contributed by atoms with Gasteiger partial charge in [-0.2, -0.15) is 0 Å². The van der Waals surface area contributed by atoms with Gasteiger partial charge >= 0.3 is 0 Å². The summed E-state index contributed by atoms with van der Waals surface area (Å²) in [6.07, 6.45) is 0. The molecule has 0 radical (unpaired) electrons. The first-order valence-corrected chi connectivity index (χ1v) is 20.1. The predicted octanol–water partition coefficient (Wildman–Crippen LogP) is 16.3. The molecule has 58 heavy (non-hydrogen) atoms. The molecule has 0 aliphatic heterocycles. The second-order valence-corrected chi connectivity index (χ2v) is 15.2. The van der Waals surface area contributed by atoms with E-state index in [1.54, 1.807) is 0 Å². The normalized spacial score (nSPS) is 11.4. The van der Waals surface area contributed by atoms with Crippen LogP contribution in [0.25, 0.3) is 110 Å². The average molecular weight is 735 g/mol. The maximum absolute atomic E-state index is 2.45. The van der Waals surface area contributed by atoms with Crippen LogP contribution >= 0.6 is 0 Å². The quantitative estimate of drug-likeness (QED) is 0.149. The van der Waals surface area contributed by atoms with Crippen molar-refractivity contribution >= 4 is 43.1 Å². The van der Waals surface area contributed by atoms with Gasteiger partial charge in [0, 0.05) is 0 Å². The van der Waals surface area contributed by atoms with Crippen LogP contribution in [0.4, 0.5) is 0 Å². The van der Waals surface area contributed by atoms with E-state index in [-0.39, 0.29) is 0 Å². The van der Waals surface area contributed by atoms with E-state index in [2.05, 4.69) is 231 Å². The fourth-order valence-electron chi connectivity index (χ4n) is 9.15. The number of benzene rings is 11. The second-order valence-electron chi connectivity index (χ2n) is 15.2. The first-order valence-electron chi connectivity index (χ1n) is 20.1. The molecule has 0 bridgehead atoms. The van der Waals surface area contributed by atoms with Gasteiger partial charge in [-0.25, -0.2) is 0 Å². The van der Waals surface area contributed by atoms with Crippen molar-refractivity contribution in [1.82, 2.24) is 0 Å². The van der Waals surface area contributed by atoms with E-state index >= 15 is 0 Å². The third-order valence-corrected chi connectivity index (χ3v) is 11.9. The number of fused-ring (bicyclic) bond motifs is 4. The van der Waals surface area contributed by atoms with Gasteiger partial charge in [0.05, 0.1) is 0 Å². The molecule has 0 unspecified atom stereocenters. The summed E-state index contributed by atoms with van der Waals surface area (Å²) >= 11 is 0. The SMILES string of the molecule is c1ccc(-c2cccc(-c3ccc(-c4ccc(-c5ccc6ccccc6c5)c5ccccc45)c(-c4c5ccccc5c(-c5ccccc5)c5ccccc45)c3)c2)cc1. The van der Waals surface area contributed by atoms with Crippen molar-refractivity contribution in [2.75, 3.05) is 0 Å². The van der Waals surface area contributed by atoms with Gasteiger partial charge in [0.15, 0.2) is 0 Å². The van der Waals surface area contributed by atoms with E-state index in [4.69, 9.17) is 0 Å². The molecule has 0 amide bonds. The summed E-state index contributed by atoms with van der Waals surface area (Å²) in [7, 11) is 0. The molecule has 0 nitrogen and oxygen atoms in total. The third-order valence-electron chi connectivity index (χ3n) is 11.9. The first-order chi connectivity index (χ1) is 28.8. The minimum Gasteiger partial charge on any atom is -0.0622 e. The van der Waals surface area contributed by atoms with Crippen LogP contribution in [0, 0.1) is 0 Å². The lowest BCUT2D eigenvalue weighted by Crippen LogP contribution is -1.94. The molecule has 11 rings (SSSR count). The number of hydrogen-bond acceptors (Lipinski definition) is 0. The van der Waals surface area contributed by atoms with Gasteiger partial charge in [-0.15, -0.1) is 0 Å². The van der Waals surface area contributed by atoms with Gasteiger partial charge in [-0.1, -0.05) is 212 Å². The molecule has 0 aromatic heterocycles. The summed E-state index contributed by atoms with van der Waals surface area (Å²) in [6.45, 7) is 0. The van der Waals surface area contributed by atoms with Crippen molar-refractivity contribution < 1.29 is 0 Å². The van der Waals surface area contributed by atoms with E-state index in [0.717, 1.165) is 0 Å². The molecular formula is C58H38. The van der Waals surface area contributed by atoms with Crippen molar-refractivity contribution in [3.8, 4) is 66.8 Å². The van der Waals surface area contributed by atoms with Gasteiger partial charge in [0.1, 0.15) is 0 Å². The topological polar surface area (TPSA) is 0 Å². The monoisotopic (exact) mass is 734 g/mol. The summed E-state index contributed by atoms with van der Waals surface area (Å²) in [6, 6.07) is 84.7. The highest BCUT2D eigenvalue weighted by Crippen LogP contribution is 2.48. The van der Waals surface area contributed by atoms with E-state index in [1.165, 1.54) is 110 Å². The van der Waals surface area contributed by atoms with Crippen LogP contribution in [-0.4, -0.2) is 0 Å². The Labute approximate surface area is 339 Å². The lowest BCUT2D eigenvalue weighted by molar-refractivity contribution is 1.57. The molecule has 0 saturated heterocycles. The summed E-state index contributed by atoms with van der Waals surface area (Å²) in [5.74, 6) is 0. The first kappa shape index (κ1) is 33.8. The van der Waals surface area contributed by atoms with Crippen LogP contribution in [-0.2, 0) is 0 Å². The van der Waals surface area contributed by atoms with Crippen molar-refractivity contribution in [1.29, 1.82) is 0 Å². The lowest BCUT2D eigenvalue weighted by Gasteiger charge is -2.21. The Bertz CT molecular complexity index is 3260. The van der Waals surface area contributed by atoms with Crippen molar-refractivity contribution in [2.45, 2.75) is 0 Å². The molecule has 11 aromatic carbocycles. The summed E-state index contributed by atoms with van der Waals surface area (Å²) in [5.41, 5.74) is 14.7. The maximum atomic E-state index is 2.45. The minimum absolute atomic E-state index is 1.19. The molecule has 270 valence electrons. The van der Waals surface area contributed by atoms with E-state index in [0.29, 0.717) is 0 Å². The fourth-order valence-corrected chi connectivity index (χ4v) is 9.15. The Balaban J connectivity index is 1.20. The standard InChI is InChI=1S/C58H38/c1-3-16-39(17-4-1)43-22-15-23-44(36-43)45-32-33-51(50-35-34-47(48-24-9-10-25-49(48)50)46-31-30-40-18-7-8-21-42(40)37-46)56(38-45)58-54-28-13-11-26-52(54)57(41-19-5-2-6-20-41)53-27-12-14-29-55(53)58/h1-38H. The minimum atomic E-state index is 1.19. The number of rotatable bonds is 6. The zero-order valence-electron chi connectivity index (χ0n) is 31.9. The van der Waals surface area contributed by atoms with E-state index in [9.17, 15) is 0 Å². The molecule has 0 atom stereocenters. The Hall–Kier alpha value is -7.54. The summed E-state index contributed by atoms with van der Waals surface area (Å²) in [4.78, 5) is 0. The molecule has 0 aliphatic carbocycles. The van der Waals surface area contributed by atoms with Crippen molar-refractivity contribution in [3.05, 3.63) is 231 Å². The highest BCUT2D eigenvalue weighted by Gasteiger charge is 2.21. The average Bonchev–Trinajstić information content (AvgIpc) is 3.30. The molecule has 0 aliphatic rings. The Morgan fingerprint density at radius 2 is 0.621 bits per heavy atom. The van der Waals surface area contributed by atoms with Crippen LogP contribution in [0.2, 0.25) is 0 Å². The van der Waals surface area contributed by atoms with Crippen LogP contribution < -0.4 is 0 Å². The molecular weight excluding hydrogens is 697 g/mol. The zero-order chi connectivity index (χ0) is 38.4. The zero-order valence-corrected chi connectivity index (χ0v) is 31.9. The molecule has 0 saturated carbocycles. The van der Waals surface area contributed by atoms with E-state index in [1.807, 2.05) is 0 Å².